The SMILES string of the molecule is COc1cc(/C=C/[N+](=O)[O-])c(OC)cc1Cl. The Morgan fingerprint density at radius 2 is 1.94 bits per heavy atom. The van der Waals surface area contributed by atoms with Crippen LogP contribution >= 0.6 is 11.6 Å². The third-order valence-corrected chi connectivity index (χ3v) is 2.18. The maximum atomic E-state index is 10.2. The van der Waals surface area contributed by atoms with Crippen molar-refractivity contribution in [2.45, 2.75) is 0 Å². The van der Waals surface area contributed by atoms with Gasteiger partial charge in [0.2, 0.25) is 6.20 Å². The van der Waals surface area contributed by atoms with Crippen molar-refractivity contribution in [2.75, 3.05) is 14.2 Å². The number of hydrogen-bond donors (Lipinski definition) is 0. The fraction of sp³-hybridized carbons (Fsp3) is 0.200. The molecule has 0 heterocycles. The van der Waals surface area contributed by atoms with Gasteiger partial charge in [-0.15, -0.1) is 0 Å². The molecule has 0 saturated carbocycles. The predicted molar refractivity (Wildman–Crippen MR) is 60.6 cm³/mol. The number of nitrogens with zero attached hydrogens (tertiary/aromatic N) is 1. The average molecular weight is 244 g/mol. The Balaban J connectivity index is 3.19. The number of rotatable bonds is 4. The van der Waals surface area contributed by atoms with Gasteiger partial charge in [0.05, 0.1) is 24.2 Å². The molecule has 1 aromatic rings. The Labute approximate surface area is 97.4 Å². The highest BCUT2D eigenvalue weighted by atomic mass is 35.5. The van der Waals surface area contributed by atoms with E-state index in [9.17, 15) is 10.1 Å². The Hall–Kier alpha value is -1.75. The van der Waals surface area contributed by atoms with E-state index >= 15 is 0 Å². The summed E-state index contributed by atoms with van der Waals surface area (Å²) in [6, 6.07) is 3.11. The maximum Gasteiger partial charge on any atom is 0.235 e. The summed E-state index contributed by atoms with van der Waals surface area (Å²) >= 11 is 5.88. The Morgan fingerprint density at radius 1 is 1.31 bits per heavy atom. The molecule has 0 radical (unpaired) electrons. The lowest BCUT2D eigenvalue weighted by atomic mass is 10.2. The summed E-state index contributed by atoms with van der Waals surface area (Å²) in [5, 5.41) is 10.6. The molecule has 0 aromatic heterocycles. The van der Waals surface area contributed by atoms with E-state index in [1.165, 1.54) is 20.3 Å². The minimum Gasteiger partial charge on any atom is -0.496 e. The van der Waals surface area contributed by atoms with Gasteiger partial charge in [-0.1, -0.05) is 11.6 Å². The van der Waals surface area contributed by atoms with Crippen LogP contribution in [0, 0.1) is 10.1 Å². The molecule has 0 spiro atoms. The molecule has 0 bridgehead atoms. The molecule has 16 heavy (non-hydrogen) atoms. The lowest BCUT2D eigenvalue weighted by Gasteiger charge is -2.08. The molecule has 0 atom stereocenters. The summed E-state index contributed by atoms with van der Waals surface area (Å²) in [4.78, 5) is 9.66. The van der Waals surface area contributed by atoms with Gasteiger partial charge in [0.25, 0.3) is 0 Å². The molecule has 0 N–H and O–H groups in total. The molecule has 0 aliphatic heterocycles. The van der Waals surface area contributed by atoms with E-state index in [1.54, 1.807) is 12.1 Å². The lowest BCUT2D eigenvalue weighted by Crippen LogP contribution is -1.91. The second-order valence-corrected chi connectivity index (χ2v) is 3.24. The number of nitro groups is 1. The second-order valence-electron chi connectivity index (χ2n) is 2.83. The molecule has 0 fully saturated rings. The molecular formula is C10H10ClNO4. The van der Waals surface area contributed by atoms with Gasteiger partial charge < -0.3 is 9.47 Å². The van der Waals surface area contributed by atoms with Crippen molar-refractivity contribution in [3.05, 3.63) is 39.0 Å². The van der Waals surface area contributed by atoms with Gasteiger partial charge in [-0.05, 0) is 6.07 Å². The van der Waals surface area contributed by atoms with E-state index in [4.69, 9.17) is 21.1 Å². The quantitative estimate of drug-likeness (QED) is 0.602. The molecule has 0 amide bonds. The van der Waals surface area contributed by atoms with Crippen LogP contribution in [-0.2, 0) is 0 Å². The summed E-state index contributed by atoms with van der Waals surface area (Å²) in [7, 11) is 2.93. The molecule has 0 aliphatic carbocycles. The fourth-order valence-electron chi connectivity index (χ4n) is 1.16. The summed E-state index contributed by atoms with van der Waals surface area (Å²) in [5.74, 6) is 0.884. The summed E-state index contributed by atoms with van der Waals surface area (Å²) < 4.78 is 10.0. The zero-order valence-corrected chi connectivity index (χ0v) is 9.52. The molecule has 0 aliphatic rings. The van der Waals surface area contributed by atoms with Crippen LogP contribution in [-0.4, -0.2) is 19.1 Å². The molecule has 6 heteroatoms. The van der Waals surface area contributed by atoms with E-state index in [1.807, 2.05) is 0 Å². The van der Waals surface area contributed by atoms with Crippen LogP contribution in [0.15, 0.2) is 18.3 Å². The van der Waals surface area contributed by atoms with Crippen molar-refractivity contribution in [3.8, 4) is 11.5 Å². The second kappa shape index (κ2) is 5.37. The van der Waals surface area contributed by atoms with E-state index in [0.717, 1.165) is 6.20 Å². The topological polar surface area (TPSA) is 61.6 Å². The van der Waals surface area contributed by atoms with Crippen molar-refractivity contribution in [3.63, 3.8) is 0 Å². The smallest absolute Gasteiger partial charge is 0.235 e. The predicted octanol–water partition coefficient (Wildman–Crippen LogP) is 2.60. The Morgan fingerprint density at radius 3 is 2.44 bits per heavy atom. The molecule has 0 unspecified atom stereocenters. The summed E-state index contributed by atoms with van der Waals surface area (Å²) in [5.41, 5.74) is 0.528. The zero-order valence-electron chi connectivity index (χ0n) is 8.77. The van der Waals surface area contributed by atoms with Crippen LogP contribution < -0.4 is 9.47 Å². The number of methoxy groups -OCH3 is 2. The van der Waals surface area contributed by atoms with Crippen molar-refractivity contribution < 1.29 is 14.4 Å². The third-order valence-electron chi connectivity index (χ3n) is 1.88. The van der Waals surface area contributed by atoms with Crippen LogP contribution in [0.4, 0.5) is 0 Å². The minimum atomic E-state index is -0.555. The molecule has 86 valence electrons. The normalized spacial score (nSPS) is 10.4. The van der Waals surface area contributed by atoms with Crippen LogP contribution in [0.1, 0.15) is 5.56 Å². The first kappa shape index (κ1) is 12.3. The van der Waals surface area contributed by atoms with E-state index in [0.29, 0.717) is 22.1 Å². The Kier molecular flexibility index (Phi) is 4.13. The monoisotopic (exact) mass is 243 g/mol. The highest BCUT2D eigenvalue weighted by Gasteiger charge is 2.08. The largest absolute Gasteiger partial charge is 0.496 e. The average Bonchev–Trinajstić information content (AvgIpc) is 2.26. The first-order chi connectivity index (χ1) is 7.58. The van der Waals surface area contributed by atoms with E-state index in [2.05, 4.69) is 0 Å². The van der Waals surface area contributed by atoms with Gasteiger partial charge in [0.1, 0.15) is 11.5 Å². The highest BCUT2D eigenvalue weighted by molar-refractivity contribution is 6.32. The van der Waals surface area contributed by atoms with Crippen molar-refractivity contribution in [2.24, 2.45) is 0 Å². The molecule has 1 rings (SSSR count). The third kappa shape index (κ3) is 2.87. The number of halogens is 1. The first-order valence-corrected chi connectivity index (χ1v) is 4.69. The lowest BCUT2D eigenvalue weighted by molar-refractivity contribution is -0.400. The summed E-state index contributed by atoms with van der Waals surface area (Å²) in [6.45, 7) is 0. The molecule has 5 nitrogen and oxygen atoms in total. The summed E-state index contributed by atoms with van der Waals surface area (Å²) in [6.07, 6.45) is 2.14. The van der Waals surface area contributed by atoms with Crippen LogP contribution in [0.2, 0.25) is 5.02 Å². The Bertz CT molecular complexity index is 431. The van der Waals surface area contributed by atoms with Crippen molar-refractivity contribution in [1.29, 1.82) is 0 Å². The molecule has 1 aromatic carbocycles. The van der Waals surface area contributed by atoms with Crippen LogP contribution in [0.25, 0.3) is 6.08 Å². The van der Waals surface area contributed by atoms with Crippen molar-refractivity contribution >= 4 is 17.7 Å². The van der Waals surface area contributed by atoms with Gasteiger partial charge in [-0.25, -0.2) is 0 Å². The molecular weight excluding hydrogens is 234 g/mol. The minimum absolute atomic E-state index is 0.387. The zero-order chi connectivity index (χ0) is 12.1. The molecule has 0 saturated heterocycles. The van der Waals surface area contributed by atoms with Crippen LogP contribution in [0.3, 0.4) is 0 Å². The van der Waals surface area contributed by atoms with Gasteiger partial charge >= 0.3 is 0 Å². The number of hydrogen-bond acceptors (Lipinski definition) is 4. The fourth-order valence-corrected chi connectivity index (χ4v) is 1.39. The van der Waals surface area contributed by atoms with Gasteiger partial charge in [0.15, 0.2) is 0 Å². The standard InChI is InChI=1S/C10H10ClNO4/c1-15-9-6-8(11)10(16-2)5-7(9)3-4-12(13)14/h3-6H,1-2H3/b4-3+. The van der Waals surface area contributed by atoms with Crippen LogP contribution in [0.5, 0.6) is 11.5 Å². The van der Waals surface area contributed by atoms with E-state index < -0.39 is 4.92 Å². The number of benzene rings is 1. The highest BCUT2D eigenvalue weighted by Crippen LogP contribution is 2.33. The van der Waals surface area contributed by atoms with Gasteiger partial charge in [-0.2, -0.15) is 0 Å². The first-order valence-electron chi connectivity index (χ1n) is 4.31. The van der Waals surface area contributed by atoms with Crippen molar-refractivity contribution in [1.82, 2.24) is 0 Å². The maximum absolute atomic E-state index is 10.2. The number of ether oxygens (including phenoxy) is 2. The van der Waals surface area contributed by atoms with E-state index in [-0.39, 0.29) is 0 Å². The van der Waals surface area contributed by atoms with Gasteiger partial charge in [-0.3, -0.25) is 10.1 Å². The van der Waals surface area contributed by atoms with Gasteiger partial charge in [0, 0.05) is 17.7 Å².